The quantitative estimate of drug-likeness (QED) is 0.623. The summed E-state index contributed by atoms with van der Waals surface area (Å²) >= 11 is 12.6. The van der Waals surface area contributed by atoms with Crippen LogP contribution in [-0.2, 0) is 16.1 Å². The molecular weight excluding hydrogens is 411 g/mol. The lowest BCUT2D eigenvalue weighted by atomic mass is 10.1. The van der Waals surface area contributed by atoms with E-state index in [4.69, 9.17) is 27.9 Å². The van der Waals surface area contributed by atoms with Crippen LogP contribution in [0.4, 0.5) is 0 Å². The minimum atomic E-state index is -0.656. The molecule has 0 bridgehead atoms. The molecule has 0 fully saturated rings. The third kappa shape index (κ3) is 6.38. The molecule has 2 rings (SSSR count). The summed E-state index contributed by atoms with van der Waals surface area (Å²) in [4.78, 5) is 27.1. The standard InChI is InChI=1S/C22H26Cl2N2O3/c1-4-20(22(28)25-5-2)26(13-17-18(23)7-6-8-19(17)24)21(27)14-29-16-11-9-15(3)10-12-16/h6-12,20H,4-5,13-14H2,1-3H3,(H,25,28)/t20-/m1/s1. The van der Waals surface area contributed by atoms with Crippen LogP contribution in [0.25, 0.3) is 0 Å². The number of likely N-dealkylation sites (N-methyl/N-ethyl adjacent to an activating group) is 1. The summed E-state index contributed by atoms with van der Waals surface area (Å²) in [6.07, 6.45) is 0.449. The highest BCUT2D eigenvalue weighted by Gasteiger charge is 2.29. The first-order valence-electron chi connectivity index (χ1n) is 9.56. The number of amides is 2. The lowest BCUT2D eigenvalue weighted by Gasteiger charge is -2.31. The van der Waals surface area contributed by atoms with Gasteiger partial charge in [-0.1, -0.05) is 53.9 Å². The summed E-state index contributed by atoms with van der Waals surface area (Å²) in [7, 11) is 0. The maximum absolute atomic E-state index is 13.1. The normalized spacial score (nSPS) is 11.6. The lowest BCUT2D eigenvalue weighted by Crippen LogP contribution is -2.50. The number of hydrogen-bond donors (Lipinski definition) is 1. The van der Waals surface area contributed by atoms with Crippen molar-refractivity contribution in [3.05, 3.63) is 63.6 Å². The predicted octanol–water partition coefficient (Wildman–Crippen LogP) is 4.62. The maximum Gasteiger partial charge on any atom is 0.261 e. The largest absolute Gasteiger partial charge is 0.484 e. The third-order valence-electron chi connectivity index (χ3n) is 4.51. The van der Waals surface area contributed by atoms with Gasteiger partial charge in [-0.15, -0.1) is 0 Å². The summed E-state index contributed by atoms with van der Waals surface area (Å²) in [6, 6.07) is 11.9. The van der Waals surface area contributed by atoms with E-state index in [0.717, 1.165) is 5.56 Å². The smallest absolute Gasteiger partial charge is 0.261 e. The molecule has 156 valence electrons. The van der Waals surface area contributed by atoms with Gasteiger partial charge in [-0.3, -0.25) is 9.59 Å². The van der Waals surface area contributed by atoms with Gasteiger partial charge in [-0.2, -0.15) is 0 Å². The molecule has 0 aromatic heterocycles. The Morgan fingerprint density at radius 2 is 1.69 bits per heavy atom. The minimum Gasteiger partial charge on any atom is -0.484 e. The number of benzene rings is 2. The number of hydrogen-bond acceptors (Lipinski definition) is 3. The highest BCUT2D eigenvalue weighted by molar-refractivity contribution is 6.36. The van der Waals surface area contributed by atoms with E-state index in [-0.39, 0.29) is 25.0 Å². The van der Waals surface area contributed by atoms with Crippen molar-refractivity contribution in [1.82, 2.24) is 10.2 Å². The van der Waals surface area contributed by atoms with Crippen molar-refractivity contribution >= 4 is 35.0 Å². The second-order valence-electron chi connectivity index (χ2n) is 6.64. The number of halogens is 2. The van der Waals surface area contributed by atoms with Crippen LogP contribution in [0, 0.1) is 6.92 Å². The Morgan fingerprint density at radius 1 is 1.07 bits per heavy atom. The molecule has 1 atom stereocenters. The minimum absolute atomic E-state index is 0.115. The van der Waals surface area contributed by atoms with E-state index in [0.29, 0.717) is 34.3 Å². The third-order valence-corrected chi connectivity index (χ3v) is 5.22. The number of rotatable bonds is 9. The van der Waals surface area contributed by atoms with Crippen molar-refractivity contribution in [3.8, 4) is 5.75 Å². The fourth-order valence-corrected chi connectivity index (χ4v) is 3.44. The van der Waals surface area contributed by atoms with E-state index >= 15 is 0 Å². The van der Waals surface area contributed by atoms with Gasteiger partial charge in [0.05, 0.1) is 0 Å². The molecule has 0 saturated heterocycles. The number of ether oxygens (including phenoxy) is 1. The summed E-state index contributed by atoms with van der Waals surface area (Å²) < 4.78 is 5.65. The molecule has 0 aliphatic carbocycles. The van der Waals surface area contributed by atoms with Crippen molar-refractivity contribution in [2.75, 3.05) is 13.2 Å². The Labute approximate surface area is 181 Å². The first-order valence-corrected chi connectivity index (χ1v) is 10.3. The van der Waals surface area contributed by atoms with E-state index in [1.54, 1.807) is 30.3 Å². The van der Waals surface area contributed by atoms with Gasteiger partial charge in [0.1, 0.15) is 11.8 Å². The molecule has 1 N–H and O–H groups in total. The molecule has 0 saturated carbocycles. The Kier molecular flexibility index (Phi) is 8.80. The predicted molar refractivity (Wildman–Crippen MR) is 116 cm³/mol. The van der Waals surface area contributed by atoms with Gasteiger partial charge < -0.3 is 15.0 Å². The van der Waals surface area contributed by atoms with Crippen molar-refractivity contribution < 1.29 is 14.3 Å². The first kappa shape index (κ1) is 23.0. The molecule has 5 nitrogen and oxygen atoms in total. The van der Waals surface area contributed by atoms with Crippen LogP contribution in [0.5, 0.6) is 5.75 Å². The van der Waals surface area contributed by atoms with E-state index < -0.39 is 6.04 Å². The van der Waals surface area contributed by atoms with Crippen LogP contribution in [-0.4, -0.2) is 35.9 Å². The van der Waals surface area contributed by atoms with E-state index in [2.05, 4.69) is 5.32 Å². The number of aryl methyl sites for hydroxylation is 1. The highest BCUT2D eigenvalue weighted by atomic mass is 35.5. The zero-order valence-electron chi connectivity index (χ0n) is 16.9. The number of carbonyl (C=O) groups is 2. The monoisotopic (exact) mass is 436 g/mol. The SMILES string of the molecule is CCNC(=O)[C@@H](CC)N(Cc1c(Cl)cccc1Cl)C(=O)COc1ccc(C)cc1. The number of nitrogens with zero attached hydrogens (tertiary/aromatic N) is 1. The number of nitrogens with one attached hydrogen (secondary N) is 1. The van der Waals surface area contributed by atoms with Gasteiger partial charge in [0.25, 0.3) is 5.91 Å². The zero-order valence-corrected chi connectivity index (χ0v) is 18.4. The highest BCUT2D eigenvalue weighted by Crippen LogP contribution is 2.27. The Balaban J connectivity index is 2.25. The average Bonchev–Trinajstić information content (AvgIpc) is 2.69. The Hall–Kier alpha value is -2.24. The molecule has 0 unspecified atom stereocenters. The molecule has 7 heteroatoms. The Bertz CT molecular complexity index is 820. The van der Waals surface area contributed by atoms with E-state index in [9.17, 15) is 9.59 Å². The maximum atomic E-state index is 13.1. The van der Waals surface area contributed by atoms with Crippen molar-refractivity contribution in [1.29, 1.82) is 0 Å². The molecule has 0 heterocycles. The van der Waals surface area contributed by atoms with Crippen LogP contribution < -0.4 is 10.1 Å². The zero-order chi connectivity index (χ0) is 21.4. The molecular formula is C22H26Cl2N2O3. The topological polar surface area (TPSA) is 58.6 Å². The van der Waals surface area contributed by atoms with Crippen LogP contribution in [0.15, 0.2) is 42.5 Å². The van der Waals surface area contributed by atoms with Gasteiger partial charge >= 0.3 is 0 Å². The molecule has 0 radical (unpaired) electrons. The molecule has 0 spiro atoms. The second-order valence-corrected chi connectivity index (χ2v) is 7.46. The summed E-state index contributed by atoms with van der Waals surface area (Å²) in [6.45, 7) is 6.06. The molecule has 29 heavy (non-hydrogen) atoms. The summed E-state index contributed by atoms with van der Waals surface area (Å²) in [5, 5.41) is 3.68. The Morgan fingerprint density at radius 3 is 2.24 bits per heavy atom. The number of carbonyl (C=O) groups excluding carboxylic acids is 2. The van der Waals surface area contributed by atoms with Gasteiger partial charge in [0.2, 0.25) is 5.91 Å². The lowest BCUT2D eigenvalue weighted by molar-refractivity contribution is -0.142. The van der Waals surface area contributed by atoms with Crippen LogP contribution in [0.2, 0.25) is 10.0 Å². The van der Waals surface area contributed by atoms with Gasteiger partial charge in [0.15, 0.2) is 6.61 Å². The van der Waals surface area contributed by atoms with Crippen molar-refractivity contribution in [3.63, 3.8) is 0 Å². The molecule has 0 aliphatic heterocycles. The summed E-state index contributed by atoms with van der Waals surface area (Å²) in [5.74, 6) is 0.0484. The van der Waals surface area contributed by atoms with E-state index in [1.165, 1.54) is 4.90 Å². The summed E-state index contributed by atoms with van der Waals surface area (Å²) in [5.41, 5.74) is 1.70. The van der Waals surface area contributed by atoms with Crippen LogP contribution in [0.3, 0.4) is 0 Å². The van der Waals surface area contributed by atoms with Gasteiger partial charge in [-0.05, 0) is 44.5 Å². The first-order chi connectivity index (χ1) is 13.9. The average molecular weight is 437 g/mol. The molecule has 2 aromatic carbocycles. The van der Waals surface area contributed by atoms with Crippen molar-refractivity contribution in [2.45, 2.75) is 39.8 Å². The van der Waals surface area contributed by atoms with Gasteiger partial charge in [0, 0.05) is 28.7 Å². The second kappa shape index (κ2) is 11.1. The fourth-order valence-electron chi connectivity index (χ4n) is 2.93. The molecule has 2 amide bonds. The fraction of sp³-hybridized carbons (Fsp3) is 0.364. The van der Waals surface area contributed by atoms with Crippen LogP contribution in [0.1, 0.15) is 31.4 Å². The van der Waals surface area contributed by atoms with Gasteiger partial charge in [-0.25, -0.2) is 0 Å². The van der Waals surface area contributed by atoms with Crippen LogP contribution >= 0.6 is 23.2 Å². The molecule has 2 aromatic rings. The van der Waals surface area contributed by atoms with E-state index in [1.807, 2.05) is 32.9 Å². The molecule has 0 aliphatic rings. The van der Waals surface area contributed by atoms with Crippen molar-refractivity contribution in [2.24, 2.45) is 0 Å².